The molecular formula is C25H22F3NO3. The van der Waals surface area contributed by atoms with Gasteiger partial charge in [0, 0.05) is 28.8 Å². The fraction of sp³-hybridized carbons (Fsp3) is 0.280. The summed E-state index contributed by atoms with van der Waals surface area (Å²) in [6.07, 6.45) is 1.01. The Balaban J connectivity index is 1.57. The molecule has 0 spiro atoms. The van der Waals surface area contributed by atoms with Crippen LogP contribution in [0.25, 0.3) is 11.1 Å². The Kier molecular flexibility index (Phi) is 5.44. The largest absolute Gasteiger partial charge is 0.456 e. The second-order valence-corrected chi connectivity index (χ2v) is 8.90. The van der Waals surface area contributed by atoms with Crippen LogP contribution >= 0.6 is 0 Å². The van der Waals surface area contributed by atoms with Gasteiger partial charge >= 0.3 is 5.97 Å². The van der Waals surface area contributed by atoms with E-state index < -0.39 is 30.0 Å². The minimum atomic E-state index is -1.04. The Bertz CT molecular complexity index is 1240. The SMILES string of the molecule is Cc1c(C(=O)OCc2cc(-c3cccc(F)c3F)ccc2F)[nH]c2c1C(=O)CC(C)(C)C2. The summed E-state index contributed by atoms with van der Waals surface area (Å²) in [4.78, 5) is 28.2. The second kappa shape index (κ2) is 7.97. The minimum absolute atomic E-state index is 0.0192. The number of fused-ring (bicyclic) bond motifs is 1. The molecule has 0 fully saturated rings. The summed E-state index contributed by atoms with van der Waals surface area (Å²) in [5.41, 5.74) is 1.94. The van der Waals surface area contributed by atoms with Gasteiger partial charge in [-0.25, -0.2) is 18.0 Å². The second-order valence-electron chi connectivity index (χ2n) is 8.90. The number of carbonyl (C=O) groups is 2. The highest BCUT2D eigenvalue weighted by Crippen LogP contribution is 2.37. The van der Waals surface area contributed by atoms with Crippen LogP contribution in [0, 0.1) is 29.8 Å². The highest BCUT2D eigenvalue weighted by Gasteiger charge is 2.35. The Morgan fingerprint density at radius 1 is 1.09 bits per heavy atom. The summed E-state index contributed by atoms with van der Waals surface area (Å²) >= 11 is 0. The molecule has 1 heterocycles. The van der Waals surface area contributed by atoms with E-state index in [9.17, 15) is 22.8 Å². The van der Waals surface area contributed by atoms with Crippen LogP contribution in [0.5, 0.6) is 0 Å². The van der Waals surface area contributed by atoms with Crippen molar-refractivity contribution in [3.63, 3.8) is 0 Å². The molecule has 0 aliphatic heterocycles. The lowest BCUT2D eigenvalue weighted by atomic mass is 9.75. The van der Waals surface area contributed by atoms with Crippen LogP contribution in [0.2, 0.25) is 0 Å². The number of rotatable bonds is 4. The van der Waals surface area contributed by atoms with Gasteiger partial charge in [-0.15, -0.1) is 0 Å². The maximum absolute atomic E-state index is 14.3. The molecule has 1 N–H and O–H groups in total. The molecule has 0 saturated heterocycles. The fourth-order valence-corrected chi connectivity index (χ4v) is 4.23. The molecule has 0 radical (unpaired) electrons. The van der Waals surface area contributed by atoms with Crippen molar-refractivity contribution in [2.75, 3.05) is 0 Å². The third-order valence-corrected chi connectivity index (χ3v) is 5.77. The number of halogens is 3. The Morgan fingerprint density at radius 2 is 1.84 bits per heavy atom. The number of nitrogens with one attached hydrogen (secondary N) is 1. The average molecular weight is 441 g/mol. The summed E-state index contributed by atoms with van der Waals surface area (Å²) < 4.78 is 47.3. The predicted octanol–water partition coefficient (Wildman–Crippen LogP) is 5.92. The Labute approximate surface area is 183 Å². The number of Topliss-reactive ketones (excluding diaryl/α,β-unsaturated/α-hetero) is 1. The number of aromatic amines is 1. The van der Waals surface area contributed by atoms with Crippen molar-refractivity contribution in [3.8, 4) is 11.1 Å². The van der Waals surface area contributed by atoms with E-state index in [-0.39, 0.29) is 33.6 Å². The van der Waals surface area contributed by atoms with Crippen molar-refractivity contribution in [3.05, 3.63) is 81.9 Å². The number of benzene rings is 2. The normalized spacial score (nSPS) is 14.9. The minimum Gasteiger partial charge on any atom is -0.456 e. The van der Waals surface area contributed by atoms with Crippen LogP contribution in [0.1, 0.15) is 57.9 Å². The monoisotopic (exact) mass is 441 g/mol. The molecule has 1 aliphatic carbocycles. The summed E-state index contributed by atoms with van der Waals surface area (Å²) in [6.45, 7) is 5.24. The summed E-state index contributed by atoms with van der Waals surface area (Å²) in [5.74, 6) is -3.44. The topological polar surface area (TPSA) is 59.2 Å². The highest BCUT2D eigenvalue weighted by atomic mass is 19.2. The van der Waals surface area contributed by atoms with E-state index in [2.05, 4.69) is 4.98 Å². The third-order valence-electron chi connectivity index (χ3n) is 5.77. The molecule has 4 rings (SSSR count). The van der Waals surface area contributed by atoms with Gasteiger partial charge in [0.05, 0.1) is 0 Å². The number of ether oxygens (including phenoxy) is 1. The molecule has 32 heavy (non-hydrogen) atoms. The lowest BCUT2D eigenvalue weighted by molar-refractivity contribution is 0.0461. The van der Waals surface area contributed by atoms with Gasteiger partial charge in [-0.05, 0) is 48.1 Å². The molecule has 0 unspecified atom stereocenters. The van der Waals surface area contributed by atoms with Crippen molar-refractivity contribution < 1.29 is 27.5 Å². The number of H-pyrrole nitrogens is 1. The molecule has 2 aromatic carbocycles. The summed E-state index contributed by atoms with van der Waals surface area (Å²) in [7, 11) is 0. The van der Waals surface area contributed by atoms with E-state index in [4.69, 9.17) is 4.74 Å². The summed E-state index contributed by atoms with van der Waals surface area (Å²) in [6, 6.07) is 7.49. The van der Waals surface area contributed by atoms with Crippen molar-refractivity contribution in [1.29, 1.82) is 0 Å². The van der Waals surface area contributed by atoms with E-state index in [0.29, 0.717) is 29.7 Å². The van der Waals surface area contributed by atoms with Crippen molar-refractivity contribution in [2.45, 2.75) is 40.2 Å². The van der Waals surface area contributed by atoms with E-state index in [1.807, 2.05) is 13.8 Å². The lowest BCUT2D eigenvalue weighted by Crippen LogP contribution is -2.26. The first-order chi connectivity index (χ1) is 15.1. The number of aromatic nitrogens is 1. The van der Waals surface area contributed by atoms with E-state index in [1.54, 1.807) is 6.92 Å². The van der Waals surface area contributed by atoms with Gasteiger partial charge < -0.3 is 9.72 Å². The van der Waals surface area contributed by atoms with Gasteiger partial charge in [-0.2, -0.15) is 0 Å². The number of esters is 1. The highest BCUT2D eigenvalue weighted by molar-refractivity contribution is 6.03. The van der Waals surface area contributed by atoms with Crippen molar-refractivity contribution in [1.82, 2.24) is 4.98 Å². The molecule has 0 atom stereocenters. The third kappa shape index (κ3) is 3.95. The van der Waals surface area contributed by atoms with Crippen molar-refractivity contribution >= 4 is 11.8 Å². The number of hydrogen-bond donors (Lipinski definition) is 1. The van der Waals surface area contributed by atoms with E-state index in [0.717, 1.165) is 12.1 Å². The fourth-order valence-electron chi connectivity index (χ4n) is 4.23. The zero-order valence-electron chi connectivity index (χ0n) is 17.9. The van der Waals surface area contributed by atoms with E-state index >= 15 is 0 Å². The first-order valence-corrected chi connectivity index (χ1v) is 10.2. The maximum Gasteiger partial charge on any atom is 0.355 e. The molecule has 3 aromatic rings. The number of carbonyl (C=O) groups excluding carboxylic acids is 2. The average Bonchev–Trinajstić information content (AvgIpc) is 3.04. The standard InChI is InChI=1S/C25H22F3NO3/c1-13-21-19(10-25(2,3)11-20(21)30)29-23(13)24(31)32-12-15-9-14(7-8-17(15)26)16-5-4-6-18(27)22(16)28/h4-9,29H,10-12H2,1-3H3. The maximum atomic E-state index is 14.3. The molecule has 7 heteroatoms. The molecule has 0 bridgehead atoms. The van der Waals surface area contributed by atoms with Gasteiger partial charge in [0.2, 0.25) is 0 Å². The van der Waals surface area contributed by atoms with Crippen LogP contribution < -0.4 is 0 Å². The van der Waals surface area contributed by atoms with Gasteiger partial charge in [0.15, 0.2) is 17.4 Å². The molecule has 1 aliphatic rings. The number of hydrogen-bond acceptors (Lipinski definition) is 3. The summed E-state index contributed by atoms with van der Waals surface area (Å²) in [5, 5.41) is 0. The predicted molar refractivity (Wildman–Crippen MR) is 113 cm³/mol. The molecule has 0 saturated carbocycles. The van der Waals surface area contributed by atoms with Gasteiger partial charge in [-0.1, -0.05) is 32.0 Å². The van der Waals surface area contributed by atoms with Crippen LogP contribution in [-0.4, -0.2) is 16.7 Å². The molecular weight excluding hydrogens is 419 g/mol. The first-order valence-electron chi connectivity index (χ1n) is 10.2. The van der Waals surface area contributed by atoms with Crippen molar-refractivity contribution in [2.24, 2.45) is 5.41 Å². The van der Waals surface area contributed by atoms with Crippen LogP contribution in [0.15, 0.2) is 36.4 Å². The zero-order valence-corrected chi connectivity index (χ0v) is 17.9. The van der Waals surface area contributed by atoms with Crippen LogP contribution in [0.3, 0.4) is 0 Å². The Hall–Kier alpha value is -3.35. The first kappa shape index (κ1) is 21.9. The smallest absolute Gasteiger partial charge is 0.355 e. The van der Waals surface area contributed by atoms with Gasteiger partial charge in [-0.3, -0.25) is 4.79 Å². The number of ketones is 1. The van der Waals surface area contributed by atoms with Gasteiger partial charge in [0.25, 0.3) is 0 Å². The molecule has 0 amide bonds. The van der Waals surface area contributed by atoms with Gasteiger partial charge in [0.1, 0.15) is 18.1 Å². The molecule has 4 nitrogen and oxygen atoms in total. The molecule has 1 aromatic heterocycles. The van der Waals surface area contributed by atoms with Crippen LogP contribution in [0.4, 0.5) is 13.2 Å². The Morgan fingerprint density at radius 3 is 2.59 bits per heavy atom. The zero-order chi connectivity index (χ0) is 23.2. The van der Waals surface area contributed by atoms with Crippen LogP contribution in [-0.2, 0) is 17.8 Å². The lowest BCUT2D eigenvalue weighted by Gasteiger charge is -2.28. The quantitative estimate of drug-likeness (QED) is 0.512. The molecule has 166 valence electrons. The van der Waals surface area contributed by atoms with E-state index in [1.165, 1.54) is 24.3 Å².